The van der Waals surface area contributed by atoms with Gasteiger partial charge in [0.25, 0.3) is 0 Å². The lowest BCUT2D eigenvalue weighted by atomic mass is 9.71. The molecule has 28 heavy (non-hydrogen) atoms. The Balaban J connectivity index is 1.50. The molecule has 3 fully saturated rings. The third kappa shape index (κ3) is 3.72. The summed E-state index contributed by atoms with van der Waals surface area (Å²) >= 11 is 6.18. The van der Waals surface area contributed by atoms with Gasteiger partial charge in [-0.2, -0.15) is 0 Å². The predicted octanol–water partition coefficient (Wildman–Crippen LogP) is 3.53. The molecule has 1 aromatic rings. The van der Waals surface area contributed by atoms with E-state index in [9.17, 15) is 9.59 Å². The van der Waals surface area contributed by atoms with Crippen LogP contribution in [-0.4, -0.2) is 61.1 Å². The first-order valence-electron chi connectivity index (χ1n) is 10.2. The van der Waals surface area contributed by atoms with Gasteiger partial charge in [0, 0.05) is 55.5 Å². The van der Waals surface area contributed by atoms with E-state index in [2.05, 4.69) is 5.32 Å². The molecule has 7 heteroatoms. The summed E-state index contributed by atoms with van der Waals surface area (Å²) in [6.07, 6.45) is 3.81. The van der Waals surface area contributed by atoms with Crippen LogP contribution < -0.4 is 5.32 Å². The SMILES string of the molecule is Cc1ccc(NC(=O)N2CC(C(=O)N3CCCC3)C3(CCOCC3)C2)cc1Cl. The van der Waals surface area contributed by atoms with Crippen molar-refractivity contribution in [2.24, 2.45) is 11.3 Å². The fourth-order valence-electron chi connectivity index (χ4n) is 4.78. The van der Waals surface area contributed by atoms with Crippen molar-refractivity contribution >= 4 is 29.2 Å². The van der Waals surface area contributed by atoms with Gasteiger partial charge in [0.1, 0.15) is 0 Å². The largest absolute Gasteiger partial charge is 0.381 e. The Morgan fingerprint density at radius 1 is 1.18 bits per heavy atom. The van der Waals surface area contributed by atoms with Crippen LogP contribution in [0.2, 0.25) is 5.02 Å². The molecule has 3 aliphatic heterocycles. The summed E-state index contributed by atoms with van der Waals surface area (Å²) in [5.41, 5.74) is 1.48. The Morgan fingerprint density at radius 3 is 2.57 bits per heavy atom. The normalized spacial score (nSPS) is 24.0. The number of amides is 3. The van der Waals surface area contributed by atoms with Gasteiger partial charge in [-0.05, 0) is 50.3 Å². The average molecular weight is 406 g/mol. The number of likely N-dealkylation sites (tertiary alicyclic amines) is 2. The van der Waals surface area contributed by atoms with Crippen molar-refractivity contribution in [3.63, 3.8) is 0 Å². The second kappa shape index (κ2) is 7.91. The van der Waals surface area contributed by atoms with E-state index < -0.39 is 0 Å². The number of nitrogens with zero attached hydrogens (tertiary/aromatic N) is 2. The molecule has 0 aliphatic carbocycles. The summed E-state index contributed by atoms with van der Waals surface area (Å²) < 4.78 is 5.57. The Hall–Kier alpha value is -1.79. The Morgan fingerprint density at radius 2 is 1.89 bits per heavy atom. The van der Waals surface area contributed by atoms with Crippen LogP contribution in [0.1, 0.15) is 31.2 Å². The molecule has 0 aromatic heterocycles. The van der Waals surface area contributed by atoms with E-state index in [0.717, 1.165) is 44.3 Å². The zero-order chi connectivity index (χ0) is 19.7. The third-order valence-electron chi connectivity index (χ3n) is 6.56. The standard InChI is InChI=1S/C21H28ClN3O3/c1-15-4-5-16(12-18(15)22)23-20(27)25-13-17(19(26)24-8-2-3-9-24)21(14-25)6-10-28-11-7-21/h4-5,12,17H,2-3,6-11,13-14H2,1H3,(H,23,27). The van der Waals surface area contributed by atoms with Crippen LogP contribution in [0.4, 0.5) is 10.5 Å². The summed E-state index contributed by atoms with van der Waals surface area (Å²) in [5, 5.41) is 3.58. The first-order valence-corrected chi connectivity index (χ1v) is 10.5. The van der Waals surface area contributed by atoms with Crippen molar-refractivity contribution in [1.29, 1.82) is 0 Å². The maximum absolute atomic E-state index is 13.2. The number of ether oxygens (including phenoxy) is 1. The molecule has 0 saturated carbocycles. The second-order valence-corrected chi connectivity index (χ2v) is 8.74. The number of urea groups is 1. The molecule has 4 rings (SSSR count). The highest BCUT2D eigenvalue weighted by atomic mass is 35.5. The van der Waals surface area contributed by atoms with Crippen LogP contribution in [0.15, 0.2) is 18.2 Å². The molecule has 3 aliphatic rings. The summed E-state index contributed by atoms with van der Waals surface area (Å²) in [6.45, 7) is 6.01. The zero-order valence-corrected chi connectivity index (χ0v) is 17.1. The Bertz CT molecular complexity index is 757. The van der Waals surface area contributed by atoms with E-state index in [1.807, 2.05) is 24.0 Å². The zero-order valence-electron chi connectivity index (χ0n) is 16.4. The monoisotopic (exact) mass is 405 g/mol. The lowest BCUT2D eigenvalue weighted by Crippen LogP contribution is -2.45. The predicted molar refractivity (Wildman–Crippen MR) is 109 cm³/mol. The lowest BCUT2D eigenvalue weighted by Gasteiger charge is -2.38. The maximum Gasteiger partial charge on any atom is 0.321 e. The van der Waals surface area contributed by atoms with E-state index in [1.54, 1.807) is 11.0 Å². The van der Waals surface area contributed by atoms with Crippen molar-refractivity contribution in [1.82, 2.24) is 9.80 Å². The van der Waals surface area contributed by atoms with Crippen molar-refractivity contribution in [2.75, 3.05) is 44.7 Å². The van der Waals surface area contributed by atoms with Crippen LogP contribution in [0.5, 0.6) is 0 Å². The molecule has 6 nitrogen and oxygen atoms in total. The number of carbonyl (C=O) groups excluding carboxylic acids is 2. The molecule has 1 unspecified atom stereocenters. The van der Waals surface area contributed by atoms with Gasteiger partial charge in [-0.15, -0.1) is 0 Å². The highest BCUT2D eigenvalue weighted by Crippen LogP contribution is 2.45. The number of hydrogen-bond acceptors (Lipinski definition) is 3. The number of rotatable bonds is 2. The summed E-state index contributed by atoms with van der Waals surface area (Å²) in [5.74, 6) is 0.0786. The minimum absolute atomic E-state index is 0.137. The van der Waals surface area contributed by atoms with Crippen molar-refractivity contribution in [2.45, 2.75) is 32.6 Å². The fraction of sp³-hybridized carbons (Fsp3) is 0.619. The molecule has 1 atom stereocenters. The van der Waals surface area contributed by atoms with Crippen LogP contribution >= 0.6 is 11.6 Å². The van der Waals surface area contributed by atoms with Crippen LogP contribution in [0.25, 0.3) is 0 Å². The molecule has 0 bridgehead atoms. The molecule has 1 spiro atoms. The number of hydrogen-bond donors (Lipinski definition) is 1. The second-order valence-electron chi connectivity index (χ2n) is 8.33. The number of halogens is 1. The van der Waals surface area contributed by atoms with Crippen molar-refractivity contribution < 1.29 is 14.3 Å². The van der Waals surface area contributed by atoms with Crippen LogP contribution in [-0.2, 0) is 9.53 Å². The quantitative estimate of drug-likeness (QED) is 0.818. The molecular weight excluding hydrogens is 378 g/mol. The van der Waals surface area contributed by atoms with Crippen molar-refractivity contribution in [3.8, 4) is 0 Å². The maximum atomic E-state index is 13.2. The highest BCUT2D eigenvalue weighted by molar-refractivity contribution is 6.31. The van der Waals surface area contributed by atoms with E-state index in [4.69, 9.17) is 16.3 Å². The topological polar surface area (TPSA) is 61.9 Å². The third-order valence-corrected chi connectivity index (χ3v) is 6.97. The molecule has 1 aromatic carbocycles. The summed E-state index contributed by atoms with van der Waals surface area (Å²) in [7, 11) is 0. The van der Waals surface area contributed by atoms with Crippen molar-refractivity contribution in [3.05, 3.63) is 28.8 Å². The minimum atomic E-state index is -0.166. The van der Waals surface area contributed by atoms with E-state index >= 15 is 0 Å². The molecule has 3 heterocycles. The first kappa shape index (κ1) is 19.5. The number of aryl methyl sites for hydroxylation is 1. The Kier molecular flexibility index (Phi) is 5.52. The molecule has 152 valence electrons. The van der Waals surface area contributed by atoms with Gasteiger partial charge in [0.2, 0.25) is 5.91 Å². The van der Waals surface area contributed by atoms with Gasteiger partial charge in [-0.1, -0.05) is 17.7 Å². The van der Waals surface area contributed by atoms with Gasteiger partial charge >= 0.3 is 6.03 Å². The van der Waals surface area contributed by atoms with E-state index in [-0.39, 0.29) is 23.3 Å². The molecular formula is C21H28ClN3O3. The van der Waals surface area contributed by atoms with Crippen LogP contribution in [0, 0.1) is 18.3 Å². The van der Waals surface area contributed by atoms with Gasteiger partial charge in [-0.3, -0.25) is 4.79 Å². The molecule has 1 N–H and O–H groups in total. The first-order chi connectivity index (χ1) is 13.5. The highest BCUT2D eigenvalue weighted by Gasteiger charge is 2.52. The van der Waals surface area contributed by atoms with Gasteiger partial charge < -0.3 is 19.9 Å². The van der Waals surface area contributed by atoms with Gasteiger partial charge in [0.05, 0.1) is 5.92 Å². The lowest BCUT2D eigenvalue weighted by molar-refractivity contribution is -0.139. The van der Waals surface area contributed by atoms with E-state index in [1.165, 1.54) is 0 Å². The smallest absolute Gasteiger partial charge is 0.321 e. The van der Waals surface area contributed by atoms with Crippen LogP contribution in [0.3, 0.4) is 0 Å². The molecule has 0 radical (unpaired) electrons. The molecule has 3 saturated heterocycles. The summed E-state index contributed by atoms with van der Waals surface area (Å²) in [6, 6.07) is 5.35. The average Bonchev–Trinajstić information content (AvgIpc) is 3.34. The number of carbonyl (C=O) groups is 2. The summed E-state index contributed by atoms with van der Waals surface area (Å²) in [4.78, 5) is 30.0. The Labute approximate surface area is 171 Å². The molecule has 3 amide bonds. The van der Waals surface area contributed by atoms with Gasteiger partial charge in [0.15, 0.2) is 0 Å². The van der Waals surface area contributed by atoms with Gasteiger partial charge in [-0.25, -0.2) is 4.79 Å². The fourth-order valence-corrected chi connectivity index (χ4v) is 4.96. The number of benzene rings is 1. The van der Waals surface area contributed by atoms with E-state index in [0.29, 0.717) is 37.0 Å². The number of anilines is 1. The minimum Gasteiger partial charge on any atom is -0.381 e. The number of nitrogens with one attached hydrogen (secondary N) is 1.